The highest BCUT2D eigenvalue weighted by Gasteiger charge is 2.26. The lowest BCUT2D eigenvalue weighted by atomic mass is 10.2. The van der Waals surface area contributed by atoms with Crippen LogP contribution in [-0.4, -0.2) is 58.3 Å². The van der Waals surface area contributed by atoms with E-state index in [1.165, 1.54) is 43.3 Å². The van der Waals surface area contributed by atoms with E-state index in [0.29, 0.717) is 0 Å². The second-order valence-electron chi connectivity index (χ2n) is 6.42. The summed E-state index contributed by atoms with van der Waals surface area (Å²) in [5.41, 5.74) is -0.116. The number of carboxylic acid groups (broad SMARTS) is 1. The van der Waals surface area contributed by atoms with E-state index in [1.807, 2.05) is 0 Å². The number of ether oxygens (including phenoxy) is 3. The first kappa shape index (κ1) is 22.0. The van der Waals surface area contributed by atoms with Gasteiger partial charge >= 0.3 is 12.6 Å². The van der Waals surface area contributed by atoms with Crippen molar-refractivity contribution in [2.45, 2.75) is 26.2 Å². The fraction of sp³-hybridized carbons (Fsp3) is 0.333. The molecule has 0 fully saturated rings. The second-order valence-corrected chi connectivity index (χ2v) is 6.42. The topological polar surface area (TPSA) is 111 Å². The molecule has 0 saturated heterocycles. The van der Waals surface area contributed by atoms with Crippen LogP contribution in [0.15, 0.2) is 30.6 Å². The number of aromatic carboxylic acids is 1. The van der Waals surface area contributed by atoms with Crippen molar-refractivity contribution in [2.24, 2.45) is 0 Å². The van der Waals surface area contributed by atoms with Gasteiger partial charge in [0.15, 0.2) is 0 Å². The first-order valence-corrected chi connectivity index (χ1v) is 8.22. The average Bonchev–Trinajstić information content (AvgIpc) is 2.59. The van der Waals surface area contributed by atoms with Crippen molar-refractivity contribution in [2.75, 3.05) is 14.1 Å². The van der Waals surface area contributed by atoms with E-state index < -0.39 is 18.4 Å². The molecule has 0 spiro atoms. The Labute approximate surface area is 164 Å². The van der Waals surface area contributed by atoms with E-state index in [1.54, 1.807) is 14.1 Å². The lowest BCUT2D eigenvalue weighted by molar-refractivity contribution is -0.264. The van der Waals surface area contributed by atoms with Gasteiger partial charge in [-0.1, -0.05) is 0 Å². The molecule has 2 rings (SSSR count). The summed E-state index contributed by atoms with van der Waals surface area (Å²) in [5, 5.41) is 9.26. The van der Waals surface area contributed by atoms with Crippen LogP contribution in [0.1, 0.15) is 34.7 Å². The lowest BCUT2D eigenvalue weighted by Crippen LogP contribution is -2.33. The molecule has 156 valence electrons. The summed E-state index contributed by atoms with van der Waals surface area (Å²) in [7, 11) is 3.12. The van der Waals surface area contributed by atoms with E-state index in [9.17, 15) is 23.5 Å². The van der Waals surface area contributed by atoms with E-state index in [4.69, 9.17) is 9.47 Å². The molecule has 29 heavy (non-hydrogen) atoms. The van der Waals surface area contributed by atoms with Crippen molar-refractivity contribution in [3.63, 3.8) is 0 Å². The molecule has 0 atom stereocenters. The minimum absolute atomic E-state index is 0.00809. The van der Waals surface area contributed by atoms with Crippen LogP contribution in [0.3, 0.4) is 0 Å². The Morgan fingerprint density at radius 2 is 1.76 bits per heavy atom. The molecule has 11 heteroatoms. The van der Waals surface area contributed by atoms with Crippen LogP contribution in [0.2, 0.25) is 0 Å². The summed E-state index contributed by atoms with van der Waals surface area (Å²) in [5.74, 6) is -3.44. The van der Waals surface area contributed by atoms with Crippen molar-refractivity contribution in [3.8, 4) is 17.4 Å². The van der Waals surface area contributed by atoms with Gasteiger partial charge in [0, 0.05) is 34.0 Å². The summed E-state index contributed by atoms with van der Waals surface area (Å²) in [6.45, 7) is -0.583. The molecule has 0 aliphatic heterocycles. The van der Waals surface area contributed by atoms with Gasteiger partial charge in [0.05, 0.1) is 18.0 Å². The minimum Gasteiger partial charge on any atom is -0.478 e. The summed E-state index contributed by atoms with van der Waals surface area (Å²) in [6.07, 6.45) is 2.39. The highest BCUT2D eigenvalue weighted by atomic mass is 19.3. The monoisotopic (exact) mass is 411 g/mol. The van der Waals surface area contributed by atoms with E-state index in [-0.39, 0.29) is 34.5 Å². The summed E-state index contributed by atoms with van der Waals surface area (Å²) in [6, 6.07) is 3.61. The average molecular weight is 411 g/mol. The van der Waals surface area contributed by atoms with E-state index in [2.05, 4.69) is 14.7 Å². The normalized spacial score (nSPS) is 11.3. The Balaban J connectivity index is 2.27. The first-order chi connectivity index (χ1) is 13.5. The Morgan fingerprint density at radius 1 is 1.10 bits per heavy atom. The van der Waals surface area contributed by atoms with Crippen molar-refractivity contribution < 1.29 is 37.7 Å². The SMILES string of the molecule is CN(C)C(=O)c1cnc(Oc2cc(OC(C)(C)OC(F)F)cc(C(=O)O)c2)cn1. The summed E-state index contributed by atoms with van der Waals surface area (Å²) in [4.78, 5) is 32.4. The van der Waals surface area contributed by atoms with Gasteiger partial charge in [-0.05, 0) is 12.1 Å². The highest BCUT2D eigenvalue weighted by molar-refractivity contribution is 5.91. The minimum atomic E-state index is -3.08. The quantitative estimate of drug-likeness (QED) is 0.660. The molecule has 0 saturated carbocycles. The van der Waals surface area contributed by atoms with Crippen molar-refractivity contribution in [1.82, 2.24) is 14.9 Å². The van der Waals surface area contributed by atoms with Gasteiger partial charge in [-0.2, -0.15) is 8.78 Å². The number of alkyl halides is 2. The predicted molar refractivity (Wildman–Crippen MR) is 95.3 cm³/mol. The van der Waals surface area contributed by atoms with Crippen molar-refractivity contribution in [1.29, 1.82) is 0 Å². The van der Waals surface area contributed by atoms with Crippen LogP contribution in [0.5, 0.6) is 17.4 Å². The largest absolute Gasteiger partial charge is 0.478 e. The molecule has 1 heterocycles. The van der Waals surface area contributed by atoms with Crippen LogP contribution in [-0.2, 0) is 4.74 Å². The van der Waals surface area contributed by atoms with Crippen LogP contribution in [0.4, 0.5) is 8.78 Å². The van der Waals surface area contributed by atoms with Gasteiger partial charge in [-0.15, -0.1) is 0 Å². The molecule has 0 unspecified atom stereocenters. The number of carboxylic acids is 1. The molecule has 1 amide bonds. The molecule has 0 bridgehead atoms. The lowest BCUT2D eigenvalue weighted by Gasteiger charge is -2.26. The maximum absolute atomic E-state index is 12.5. The zero-order chi connectivity index (χ0) is 21.8. The molecule has 9 nitrogen and oxygen atoms in total. The van der Waals surface area contributed by atoms with Gasteiger partial charge in [-0.3, -0.25) is 9.53 Å². The van der Waals surface area contributed by atoms with E-state index >= 15 is 0 Å². The fourth-order valence-electron chi connectivity index (χ4n) is 2.16. The van der Waals surface area contributed by atoms with Crippen molar-refractivity contribution >= 4 is 11.9 Å². The van der Waals surface area contributed by atoms with Gasteiger partial charge in [0.1, 0.15) is 17.2 Å². The number of halogens is 2. The molecule has 1 aromatic heterocycles. The van der Waals surface area contributed by atoms with Gasteiger partial charge in [0.2, 0.25) is 11.7 Å². The standard InChI is InChI=1S/C18H19F2N3O6/c1-18(2,29-17(19)20)28-12-6-10(16(25)26)5-11(7-12)27-14-9-21-13(8-22-14)15(24)23(3)4/h5-9,17H,1-4H3,(H,25,26). The second kappa shape index (κ2) is 8.78. The number of hydrogen-bond acceptors (Lipinski definition) is 7. The molecule has 0 aliphatic rings. The Kier molecular flexibility index (Phi) is 6.64. The van der Waals surface area contributed by atoms with Crippen molar-refractivity contribution in [3.05, 3.63) is 41.9 Å². The molecular weight excluding hydrogens is 392 g/mol. The van der Waals surface area contributed by atoms with Crippen LogP contribution < -0.4 is 9.47 Å². The zero-order valence-electron chi connectivity index (χ0n) is 16.1. The first-order valence-electron chi connectivity index (χ1n) is 8.22. The molecule has 0 radical (unpaired) electrons. The fourth-order valence-corrected chi connectivity index (χ4v) is 2.16. The number of carbonyl (C=O) groups excluding carboxylic acids is 1. The van der Waals surface area contributed by atoms with Crippen LogP contribution >= 0.6 is 0 Å². The number of nitrogens with zero attached hydrogens (tertiary/aromatic N) is 3. The third kappa shape index (κ3) is 6.35. The number of amides is 1. The number of carbonyl (C=O) groups is 2. The predicted octanol–water partition coefficient (Wildman–Crippen LogP) is 3.02. The number of hydrogen-bond donors (Lipinski definition) is 1. The van der Waals surface area contributed by atoms with Gasteiger partial charge in [-0.25, -0.2) is 14.8 Å². The van der Waals surface area contributed by atoms with Gasteiger partial charge < -0.3 is 19.5 Å². The molecular formula is C18H19F2N3O6. The molecule has 2 aromatic rings. The third-order valence-corrected chi connectivity index (χ3v) is 3.34. The zero-order valence-corrected chi connectivity index (χ0v) is 16.1. The maximum Gasteiger partial charge on any atom is 0.348 e. The van der Waals surface area contributed by atoms with E-state index in [0.717, 1.165) is 6.07 Å². The number of benzene rings is 1. The molecule has 0 aliphatic carbocycles. The maximum atomic E-state index is 12.5. The highest BCUT2D eigenvalue weighted by Crippen LogP contribution is 2.29. The smallest absolute Gasteiger partial charge is 0.348 e. The molecule has 1 N–H and O–H groups in total. The van der Waals surface area contributed by atoms with Gasteiger partial charge in [0.25, 0.3) is 5.91 Å². The Morgan fingerprint density at radius 3 is 2.28 bits per heavy atom. The Bertz CT molecular complexity index is 888. The van der Waals surface area contributed by atoms with Crippen LogP contribution in [0.25, 0.3) is 0 Å². The summed E-state index contributed by atoms with van der Waals surface area (Å²) >= 11 is 0. The summed E-state index contributed by atoms with van der Waals surface area (Å²) < 4.78 is 40.1. The third-order valence-electron chi connectivity index (χ3n) is 3.34. The Hall–Kier alpha value is -3.34. The molecule has 1 aromatic carbocycles. The number of rotatable bonds is 8. The number of aromatic nitrogens is 2. The van der Waals surface area contributed by atoms with Crippen LogP contribution in [0, 0.1) is 0 Å².